The van der Waals surface area contributed by atoms with Gasteiger partial charge >= 0.3 is 0 Å². The normalized spacial score (nSPS) is 11.7. The molecule has 0 fully saturated rings. The fourth-order valence-electron chi connectivity index (χ4n) is 1.81. The summed E-state index contributed by atoms with van der Waals surface area (Å²) in [5, 5.41) is 0.216. The van der Waals surface area contributed by atoms with Crippen molar-refractivity contribution >= 4 is 23.4 Å². The zero-order valence-corrected chi connectivity index (χ0v) is 13.9. The maximum absolute atomic E-state index is 13.3. The lowest BCUT2D eigenvalue weighted by molar-refractivity contribution is 0.613. The second kappa shape index (κ2) is 10.5. The van der Waals surface area contributed by atoms with E-state index in [4.69, 9.17) is 17.3 Å². The van der Waals surface area contributed by atoms with Crippen molar-refractivity contribution in [1.82, 2.24) is 0 Å². The summed E-state index contributed by atoms with van der Waals surface area (Å²) >= 11 is 7.57. The zero-order valence-electron chi connectivity index (χ0n) is 12.3. The summed E-state index contributed by atoms with van der Waals surface area (Å²) < 4.78 is 13.3. The molecule has 1 rings (SSSR count). The van der Waals surface area contributed by atoms with Crippen LogP contribution in [-0.2, 0) is 6.42 Å². The Morgan fingerprint density at radius 1 is 1.37 bits per heavy atom. The highest BCUT2D eigenvalue weighted by atomic mass is 35.5. The van der Waals surface area contributed by atoms with E-state index < -0.39 is 0 Å². The van der Waals surface area contributed by atoms with Gasteiger partial charge in [0.1, 0.15) is 5.82 Å². The Morgan fingerprint density at radius 2 is 2.00 bits per heavy atom. The monoisotopic (exact) mass is 305 g/mol. The summed E-state index contributed by atoms with van der Waals surface area (Å²) in [6.45, 7) is 5.74. The molecule has 110 valence electrons. The third-order valence-electron chi connectivity index (χ3n) is 2.69. The van der Waals surface area contributed by atoms with Crippen LogP contribution in [0.1, 0.15) is 37.8 Å². The van der Waals surface area contributed by atoms with E-state index in [1.165, 1.54) is 0 Å². The minimum absolute atomic E-state index is 0.216. The molecule has 1 atom stereocenters. The first-order valence-corrected chi connectivity index (χ1v) is 8.50. The Morgan fingerprint density at radius 3 is 2.53 bits per heavy atom. The highest BCUT2D eigenvalue weighted by Gasteiger charge is 2.07. The molecule has 0 aliphatic carbocycles. The molecule has 1 nitrogen and oxygen atoms in total. The Balaban J connectivity index is 0.00000154. The highest BCUT2D eigenvalue weighted by molar-refractivity contribution is 7.98. The van der Waals surface area contributed by atoms with Gasteiger partial charge in [-0.3, -0.25) is 0 Å². The van der Waals surface area contributed by atoms with Crippen LogP contribution in [0.2, 0.25) is 5.02 Å². The Bertz CT molecular complexity index is 348. The Kier molecular flexibility index (Phi) is 10.4. The van der Waals surface area contributed by atoms with Gasteiger partial charge in [0.05, 0.1) is 5.02 Å². The molecular formula is C15H25ClFNS. The molecule has 19 heavy (non-hydrogen) atoms. The van der Waals surface area contributed by atoms with Crippen LogP contribution in [0.15, 0.2) is 12.1 Å². The Labute approximate surface area is 126 Å². The minimum Gasteiger partial charge on any atom is -0.327 e. The van der Waals surface area contributed by atoms with Crippen molar-refractivity contribution in [2.24, 2.45) is 5.73 Å². The van der Waals surface area contributed by atoms with Gasteiger partial charge in [0.15, 0.2) is 0 Å². The lowest BCUT2D eigenvalue weighted by atomic mass is 10.0. The summed E-state index contributed by atoms with van der Waals surface area (Å²) in [4.78, 5) is 0. The molecule has 2 N–H and O–H groups in total. The molecule has 0 bridgehead atoms. The van der Waals surface area contributed by atoms with Gasteiger partial charge < -0.3 is 5.73 Å². The van der Waals surface area contributed by atoms with E-state index in [1.54, 1.807) is 24.8 Å². The van der Waals surface area contributed by atoms with Gasteiger partial charge in [-0.25, -0.2) is 4.39 Å². The second-order valence-electron chi connectivity index (χ2n) is 4.32. The highest BCUT2D eigenvalue weighted by Crippen LogP contribution is 2.21. The first kappa shape index (κ1) is 18.8. The van der Waals surface area contributed by atoms with Crippen molar-refractivity contribution in [3.8, 4) is 0 Å². The molecule has 0 aliphatic rings. The molecule has 0 saturated carbocycles. The average Bonchev–Trinajstić information content (AvgIpc) is 2.38. The van der Waals surface area contributed by atoms with E-state index in [-0.39, 0.29) is 16.9 Å². The van der Waals surface area contributed by atoms with Crippen LogP contribution < -0.4 is 5.73 Å². The molecule has 4 heteroatoms. The van der Waals surface area contributed by atoms with E-state index in [9.17, 15) is 4.39 Å². The average molecular weight is 306 g/mol. The topological polar surface area (TPSA) is 26.0 Å². The van der Waals surface area contributed by atoms with Crippen LogP contribution in [0.25, 0.3) is 0 Å². The lowest BCUT2D eigenvalue weighted by Gasteiger charge is -2.10. The third kappa shape index (κ3) is 7.19. The smallest absolute Gasteiger partial charge is 0.144 e. The molecule has 0 radical (unpaired) electrons. The van der Waals surface area contributed by atoms with Crippen LogP contribution >= 0.6 is 23.4 Å². The van der Waals surface area contributed by atoms with E-state index in [2.05, 4.69) is 6.26 Å². The standard InChI is InChI=1S/C13H19ClFNS.C2H6/c1-9-6-10(7-12(14)13(9)15)4-3-5-11(16)8-17-2;1-2/h6-7,11H,3-5,8,16H2,1-2H3;1-2H3. The number of benzene rings is 1. The maximum Gasteiger partial charge on any atom is 0.144 e. The molecule has 0 aromatic heterocycles. The van der Waals surface area contributed by atoms with Crippen LogP contribution in [0.3, 0.4) is 0 Å². The first-order valence-electron chi connectivity index (χ1n) is 6.73. The molecule has 0 amide bonds. The molecule has 1 unspecified atom stereocenters. The minimum atomic E-state index is -0.311. The quantitative estimate of drug-likeness (QED) is 0.815. The number of hydrogen-bond acceptors (Lipinski definition) is 2. The van der Waals surface area contributed by atoms with Crippen LogP contribution in [0.5, 0.6) is 0 Å². The number of halogens is 2. The van der Waals surface area contributed by atoms with Gasteiger partial charge in [-0.05, 0) is 49.6 Å². The van der Waals surface area contributed by atoms with Crippen LogP contribution in [0, 0.1) is 12.7 Å². The summed E-state index contributed by atoms with van der Waals surface area (Å²) in [5.41, 5.74) is 7.63. The van der Waals surface area contributed by atoms with Gasteiger partial charge in [0.25, 0.3) is 0 Å². The van der Waals surface area contributed by atoms with E-state index in [0.29, 0.717) is 5.56 Å². The predicted octanol–water partition coefficient (Wildman–Crippen LogP) is 4.83. The number of thioether (sulfide) groups is 1. The molecule has 1 aromatic rings. The lowest BCUT2D eigenvalue weighted by Crippen LogP contribution is -2.22. The fraction of sp³-hybridized carbons (Fsp3) is 0.600. The van der Waals surface area contributed by atoms with Crippen molar-refractivity contribution in [3.63, 3.8) is 0 Å². The zero-order chi connectivity index (χ0) is 14.8. The van der Waals surface area contributed by atoms with Crippen molar-refractivity contribution < 1.29 is 4.39 Å². The SMILES string of the molecule is CC.CSCC(N)CCCc1cc(C)c(F)c(Cl)c1. The number of hydrogen-bond donors (Lipinski definition) is 1. The molecule has 0 saturated heterocycles. The largest absolute Gasteiger partial charge is 0.327 e. The summed E-state index contributed by atoms with van der Waals surface area (Å²) in [5.74, 6) is 0.679. The number of rotatable bonds is 6. The van der Waals surface area contributed by atoms with E-state index in [0.717, 1.165) is 30.6 Å². The molecule has 0 aliphatic heterocycles. The van der Waals surface area contributed by atoms with Crippen molar-refractivity contribution in [1.29, 1.82) is 0 Å². The van der Waals surface area contributed by atoms with Crippen LogP contribution in [0.4, 0.5) is 4.39 Å². The molecule has 0 spiro atoms. The van der Waals surface area contributed by atoms with E-state index in [1.807, 2.05) is 19.9 Å². The molecule has 1 aromatic carbocycles. The third-order valence-corrected chi connectivity index (χ3v) is 3.73. The van der Waals surface area contributed by atoms with Crippen molar-refractivity contribution in [2.75, 3.05) is 12.0 Å². The second-order valence-corrected chi connectivity index (χ2v) is 5.63. The van der Waals surface area contributed by atoms with Gasteiger partial charge in [-0.1, -0.05) is 31.5 Å². The van der Waals surface area contributed by atoms with Crippen LogP contribution in [-0.4, -0.2) is 18.1 Å². The van der Waals surface area contributed by atoms with Gasteiger partial charge in [-0.15, -0.1) is 0 Å². The Hall–Kier alpha value is -0.250. The van der Waals surface area contributed by atoms with Gasteiger partial charge in [0.2, 0.25) is 0 Å². The fourth-order valence-corrected chi connectivity index (χ4v) is 2.69. The number of nitrogens with two attached hydrogens (primary N) is 1. The summed E-state index contributed by atoms with van der Waals surface area (Å²) in [7, 11) is 0. The van der Waals surface area contributed by atoms with Gasteiger partial charge in [-0.2, -0.15) is 11.8 Å². The van der Waals surface area contributed by atoms with Crippen molar-refractivity contribution in [2.45, 2.75) is 46.1 Å². The summed E-state index contributed by atoms with van der Waals surface area (Å²) in [6.07, 6.45) is 4.98. The summed E-state index contributed by atoms with van der Waals surface area (Å²) in [6, 6.07) is 3.83. The molecule has 0 heterocycles. The number of aryl methyl sites for hydroxylation is 2. The van der Waals surface area contributed by atoms with Gasteiger partial charge in [0, 0.05) is 11.8 Å². The maximum atomic E-state index is 13.3. The first-order chi connectivity index (χ1) is 9.04. The predicted molar refractivity (Wildman–Crippen MR) is 86.8 cm³/mol. The molecular weight excluding hydrogens is 281 g/mol. The van der Waals surface area contributed by atoms with E-state index >= 15 is 0 Å². The van der Waals surface area contributed by atoms with Crippen molar-refractivity contribution in [3.05, 3.63) is 34.1 Å².